The number of carbonyl (C=O) groups is 4. The van der Waals surface area contributed by atoms with E-state index in [0.717, 1.165) is 33.5 Å². The number of phenols is 1. The van der Waals surface area contributed by atoms with Gasteiger partial charge in [0.25, 0.3) is 0 Å². The van der Waals surface area contributed by atoms with Crippen LogP contribution in [0.4, 0.5) is 27.1 Å². The Balaban J connectivity index is 1.14. The summed E-state index contributed by atoms with van der Waals surface area (Å²) in [5, 5.41) is 15.2. The van der Waals surface area contributed by atoms with Gasteiger partial charge in [0.15, 0.2) is 0 Å². The molecule has 6 atom stereocenters. The highest BCUT2D eigenvalue weighted by atomic mass is 35.5. The summed E-state index contributed by atoms with van der Waals surface area (Å²) in [6, 6.07) is 31.3. The molecule has 0 spiro atoms. The molecule has 3 fully saturated rings. The molecule has 10 heteroatoms. The minimum Gasteiger partial charge on any atom is -0.507 e. The van der Waals surface area contributed by atoms with Crippen LogP contribution in [0.3, 0.4) is 0 Å². The first-order valence-electron chi connectivity index (χ1n) is 17.6. The quantitative estimate of drug-likeness (QED) is 0.139. The number of hydrogen-bond acceptors (Lipinski definition) is 6. The second kappa shape index (κ2) is 12.1. The molecule has 2 aliphatic heterocycles. The molecule has 5 aromatic rings. The third-order valence-electron chi connectivity index (χ3n) is 11.9. The number of benzene rings is 5. The molecule has 9 rings (SSSR count). The summed E-state index contributed by atoms with van der Waals surface area (Å²) >= 11 is 6.14. The molecule has 264 valence electrons. The highest BCUT2D eigenvalue weighted by Gasteiger charge is 2.67. The molecule has 0 bridgehead atoms. The van der Waals surface area contributed by atoms with Crippen LogP contribution >= 0.6 is 11.6 Å². The topological polar surface area (TPSA) is 107 Å². The number of imide groups is 2. The van der Waals surface area contributed by atoms with Crippen molar-refractivity contribution in [3.8, 4) is 5.75 Å². The van der Waals surface area contributed by atoms with Gasteiger partial charge in [0.05, 0.1) is 39.6 Å². The van der Waals surface area contributed by atoms with Crippen LogP contribution in [-0.2, 0) is 19.2 Å². The molecule has 4 aliphatic rings. The van der Waals surface area contributed by atoms with Gasteiger partial charge in [-0.1, -0.05) is 71.8 Å². The molecule has 2 heterocycles. The molecule has 8 nitrogen and oxygen atoms in total. The first-order chi connectivity index (χ1) is 25.6. The van der Waals surface area contributed by atoms with Gasteiger partial charge >= 0.3 is 0 Å². The van der Waals surface area contributed by atoms with E-state index in [2.05, 4.69) is 5.32 Å². The minimum atomic E-state index is -1.32. The standard InChI is InChI=1S/C43H33ClFN3O5/c1-43-33(40(51)48(42(43)53)26-15-19-35(45)34(44)21-26)22-32-30(38(43)29-18-20-36(49)28-10-6-5-9-27(28)29)16-17-31-37(32)41(52)47(39(31)50)25-13-11-24(12-14-25)46-23-7-3-2-4-8-23/h2-16,18-21,31-33,37-38,46,49H,17,22H2,1H3/t31-,32+,33-,37-,38-,43+/m0/s1. The number of para-hydroxylation sites is 1. The van der Waals surface area contributed by atoms with Crippen LogP contribution in [0.5, 0.6) is 5.75 Å². The lowest BCUT2D eigenvalue weighted by Crippen LogP contribution is -2.49. The maximum absolute atomic E-state index is 14.8. The van der Waals surface area contributed by atoms with Gasteiger partial charge in [0.2, 0.25) is 23.6 Å². The third-order valence-corrected chi connectivity index (χ3v) is 12.2. The lowest BCUT2D eigenvalue weighted by atomic mass is 9.51. The Morgan fingerprint density at radius 3 is 2.17 bits per heavy atom. The van der Waals surface area contributed by atoms with Crippen LogP contribution in [0.15, 0.2) is 121 Å². The third kappa shape index (κ3) is 4.87. The summed E-state index contributed by atoms with van der Waals surface area (Å²) < 4.78 is 14.3. The average molecular weight is 726 g/mol. The fourth-order valence-corrected chi connectivity index (χ4v) is 9.60. The second-order valence-electron chi connectivity index (χ2n) is 14.5. The van der Waals surface area contributed by atoms with E-state index in [1.165, 1.54) is 17.0 Å². The van der Waals surface area contributed by atoms with Gasteiger partial charge < -0.3 is 10.4 Å². The zero-order valence-electron chi connectivity index (χ0n) is 28.5. The fourth-order valence-electron chi connectivity index (χ4n) is 9.42. The lowest BCUT2D eigenvalue weighted by Gasteiger charge is -2.49. The molecular weight excluding hydrogens is 693 g/mol. The maximum atomic E-state index is 14.8. The van der Waals surface area contributed by atoms with Crippen molar-refractivity contribution in [2.45, 2.75) is 25.7 Å². The highest BCUT2D eigenvalue weighted by Crippen LogP contribution is 2.64. The van der Waals surface area contributed by atoms with Crippen molar-refractivity contribution >= 4 is 68.8 Å². The van der Waals surface area contributed by atoms with E-state index in [9.17, 15) is 28.7 Å². The normalized spacial score (nSPS) is 26.4. The Bertz CT molecular complexity index is 2420. The molecule has 4 amide bonds. The van der Waals surface area contributed by atoms with Gasteiger partial charge in [-0.25, -0.2) is 9.29 Å². The van der Waals surface area contributed by atoms with Crippen molar-refractivity contribution in [1.29, 1.82) is 0 Å². The van der Waals surface area contributed by atoms with Crippen molar-refractivity contribution in [1.82, 2.24) is 0 Å². The van der Waals surface area contributed by atoms with Gasteiger partial charge in [-0.15, -0.1) is 0 Å². The van der Waals surface area contributed by atoms with Crippen molar-refractivity contribution in [3.63, 3.8) is 0 Å². The number of anilines is 4. The zero-order valence-corrected chi connectivity index (χ0v) is 29.3. The summed E-state index contributed by atoms with van der Waals surface area (Å²) in [7, 11) is 0. The zero-order chi connectivity index (χ0) is 36.8. The Hall–Kier alpha value is -5.80. The number of hydrogen-bond donors (Lipinski definition) is 2. The lowest BCUT2D eigenvalue weighted by molar-refractivity contribution is -0.131. The summed E-state index contributed by atoms with van der Waals surface area (Å²) in [5.41, 5.74) is 2.56. The predicted octanol–water partition coefficient (Wildman–Crippen LogP) is 8.52. The Morgan fingerprint density at radius 2 is 1.43 bits per heavy atom. The number of phenolic OH excluding ortho intramolecular Hbond substituents is 1. The van der Waals surface area contributed by atoms with E-state index in [1.54, 1.807) is 37.3 Å². The number of rotatable bonds is 5. The first-order valence-corrected chi connectivity index (χ1v) is 18.0. The molecule has 0 radical (unpaired) electrons. The van der Waals surface area contributed by atoms with Gasteiger partial charge in [-0.3, -0.25) is 24.1 Å². The molecule has 0 aromatic heterocycles. The van der Waals surface area contributed by atoms with Gasteiger partial charge in [0.1, 0.15) is 11.6 Å². The number of amides is 4. The number of nitrogens with one attached hydrogen (secondary N) is 1. The van der Waals surface area contributed by atoms with Crippen LogP contribution < -0.4 is 15.1 Å². The van der Waals surface area contributed by atoms with E-state index in [-0.39, 0.29) is 41.1 Å². The minimum absolute atomic E-state index is 0.0738. The number of aromatic hydroxyl groups is 1. The molecule has 5 aromatic carbocycles. The molecule has 2 saturated heterocycles. The number of fused-ring (bicyclic) bond motifs is 5. The van der Waals surface area contributed by atoms with E-state index in [4.69, 9.17) is 11.6 Å². The van der Waals surface area contributed by atoms with E-state index in [0.29, 0.717) is 16.5 Å². The summed E-state index contributed by atoms with van der Waals surface area (Å²) in [6.45, 7) is 1.79. The number of halogens is 2. The Morgan fingerprint density at radius 1 is 0.755 bits per heavy atom. The first kappa shape index (κ1) is 33.1. The largest absolute Gasteiger partial charge is 0.507 e. The Labute approximate surface area is 309 Å². The van der Waals surface area contributed by atoms with Crippen LogP contribution in [0.1, 0.15) is 31.2 Å². The van der Waals surface area contributed by atoms with Crippen LogP contribution in [0.2, 0.25) is 5.02 Å². The van der Waals surface area contributed by atoms with Gasteiger partial charge in [-0.2, -0.15) is 0 Å². The van der Waals surface area contributed by atoms with Crippen molar-refractivity contribution in [2.24, 2.45) is 29.1 Å². The maximum Gasteiger partial charge on any atom is 0.241 e. The number of allylic oxidation sites excluding steroid dienone is 2. The predicted molar refractivity (Wildman–Crippen MR) is 200 cm³/mol. The summed E-state index contributed by atoms with van der Waals surface area (Å²) in [6.07, 6.45) is 2.45. The summed E-state index contributed by atoms with van der Waals surface area (Å²) in [5.74, 6) is -5.65. The van der Waals surface area contributed by atoms with Gasteiger partial charge in [-0.05, 0) is 97.3 Å². The Kier molecular flexibility index (Phi) is 7.57. The van der Waals surface area contributed by atoms with Gasteiger partial charge in [0, 0.05) is 22.7 Å². The van der Waals surface area contributed by atoms with Crippen molar-refractivity contribution in [2.75, 3.05) is 15.1 Å². The second-order valence-corrected chi connectivity index (χ2v) is 14.9. The molecule has 53 heavy (non-hydrogen) atoms. The van der Waals surface area contributed by atoms with Crippen LogP contribution in [0, 0.1) is 34.9 Å². The molecule has 2 N–H and O–H groups in total. The van der Waals surface area contributed by atoms with E-state index >= 15 is 0 Å². The molecular formula is C43H33ClFN3O5. The number of nitrogens with zero attached hydrogens (tertiary/aromatic N) is 2. The van der Waals surface area contributed by atoms with E-state index < -0.39 is 52.6 Å². The molecule has 1 saturated carbocycles. The molecule has 0 unspecified atom stereocenters. The van der Waals surface area contributed by atoms with E-state index in [1.807, 2.05) is 66.7 Å². The van der Waals surface area contributed by atoms with Crippen molar-refractivity contribution in [3.05, 3.63) is 137 Å². The SMILES string of the molecule is C[C@@]12C(=O)N(c3ccc(F)c(Cl)c3)C(=O)[C@@H]1C[C@@H]1C(=CC[C@@H]3C(=O)N(c4ccc(Nc5ccccc5)cc4)C(=O)[C@@H]31)[C@@H]2c1ccc(O)c2ccccc12. The monoisotopic (exact) mass is 725 g/mol. The highest BCUT2D eigenvalue weighted by molar-refractivity contribution is 6.32. The van der Waals surface area contributed by atoms with Crippen LogP contribution in [0.25, 0.3) is 10.8 Å². The number of carbonyl (C=O) groups excluding carboxylic acids is 4. The molecule has 2 aliphatic carbocycles. The average Bonchev–Trinajstić information content (AvgIpc) is 3.53. The smallest absolute Gasteiger partial charge is 0.241 e. The van der Waals surface area contributed by atoms with Crippen LogP contribution in [-0.4, -0.2) is 28.7 Å². The summed E-state index contributed by atoms with van der Waals surface area (Å²) in [4.78, 5) is 60.4. The van der Waals surface area contributed by atoms with Crippen molar-refractivity contribution < 1.29 is 28.7 Å². The fraction of sp³-hybridized carbons (Fsp3) is 0.209.